The first kappa shape index (κ1) is 18.1. The highest BCUT2D eigenvalue weighted by Gasteiger charge is 2.09. The van der Waals surface area contributed by atoms with E-state index in [0.29, 0.717) is 17.5 Å². The molecule has 4 nitrogen and oxygen atoms in total. The molecule has 0 saturated carbocycles. The van der Waals surface area contributed by atoms with E-state index in [1.165, 1.54) is 0 Å². The van der Waals surface area contributed by atoms with Crippen molar-refractivity contribution in [3.63, 3.8) is 0 Å². The number of furan rings is 1. The molecule has 0 aliphatic heterocycles. The van der Waals surface area contributed by atoms with Crippen LogP contribution in [0.15, 0.2) is 61.9 Å². The summed E-state index contributed by atoms with van der Waals surface area (Å²) in [5.74, 6) is 2.31. The van der Waals surface area contributed by atoms with Gasteiger partial charge in [0.1, 0.15) is 17.3 Å². The lowest BCUT2D eigenvalue weighted by Gasteiger charge is -2.11. The Balaban J connectivity index is 1.60. The quantitative estimate of drug-likeness (QED) is 0.471. The van der Waals surface area contributed by atoms with Crippen LogP contribution >= 0.6 is 44.1 Å². The highest BCUT2D eigenvalue weighted by Crippen LogP contribution is 2.26. The van der Waals surface area contributed by atoms with Crippen LogP contribution in [0.3, 0.4) is 0 Å². The smallest absolute Gasteiger partial charge is 0.172 e. The first-order valence-electron chi connectivity index (χ1n) is 7.54. The lowest BCUT2D eigenvalue weighted by Crippen LogP contribution is -2.28. The van der Waals surface area contributed by atoms with E-state index >= 15 is 0 Å². The van der Waals surface area contributed by atoms with Gasteiger partial charge in [-0.25, -0.2) is 4.98 Å². The first-order valence-corrected chi connectivity index (χ1v) is 9.54. The van der Waals surface area contributed by atoms with Gasteiger partial charge in [-0.3, -0.25) is 0 Å². The van der Waals surface area contributed by atoms with Gasteiger partial charge in [0.05, 0.1) is 16.7 Å². The Bertz CT molecular complexity index is 897. The van der Waals surface area contributed by atoms with Crippen LogP contribution in [0.4, 0.5) is 5.82 Å². The summed E-state index contributed by atoms with van der Waals surface area (Å²) in [5, 5.41) is 6.69. The van der Waals surface area contributed by atoms with Crippen molar-refractivity contribution in [2.45, 2.75) is 13.5 Å². The highest BCUT2D eigenvalue weighted by molar-refractivity contribution is 9.11. The van der Waals surface area contributed by atoms with Crippen LogP contribution in [0.1, 0.15) is 11.5 Å². The second-order valence-corrected chi connectivity index (χ2v) is 7.44. The van der Waals surface area contributed by atoms with Crippen molar-refractivity contribution in [2.75, 3.05) is 5.32 Å². The van der Waals surface area contributed by atoms with E-state index in [1.54, 1.807) is 0 Å². The molecule has 0 atom stereocenters. The van der Waals surface area contributed by atoms with Gasteiger partial charge in [0.15, 0.2) is 5.11 Å². The van der Waals surface area contributed by atoms with Crippen molar-refractivity contribution in [2.24, 2.45) is 0 Å². The lowest BCUT2D eigenvalue weighted by molar-refractivity contribution is 0.516. The molecule has 128 valence electrons. The Morgan fingerprint density at radius 3 is 2.64 bits per heavy atom. The summed E-state index contributed by atoms with van der Waals surface area (Å²) < 4.78 is 7.62. The SMILES string of the molecule is Cc1nc(NC(=S)NCc2ccc(-c3ccccc3)o2)c(Br)cc1Br. The number of benzene rings is 1. The van der Waals surface area contributed by atoms with Crippen molar-refractivity contribution in [3.05, 3.63) is 68.9 Å². The van der Waals surface area contributed by atoms with Crippen molar-refractivity contribution in [1.29, 1.82) is 0 Å². The molecular weight excluding hydrogens is 466 g/mol. The number of halogens is 2. The number of aromatic nitrogens is 1. The van der Waals surface area contributed by atoms with E-state index in [1.807, 2.05) is 55.5 Å². The largest absolute Gasteiger partial charge is 0.459 e. The summed E-state index contributed by atoms with van der Waals surface area (Å²) in [6.45, 7) is 2.41. The molecular formula is C18H15Br2N3OS. The fraction of sp³-hybridized carbons (Fsp3) is 0.111. The Morgan fingerprint density at radius 2 is 1.88 bits per heavy atom. The molecule has 0 fully saturated rings. The third-order valence-corrected chi connectivity index (χ3v) is 5.13. The number of hydrogen-bond acceptors (Lipinski definition) is 3. The zero-order chi connectivity index (χ0) is 17.8. The van der Waals surface area contributed by atoms with E-state index in [2.05, 4.69) is 47.5 Å². The molecule has 2 aromatic heterocycles. The van der Waals surface area contributed by atoms with E-state index < -0.39 is 0 Å². The number of pyridine rings is 1. The van der Waals surface area contributed by atoms with Crippen LogP contribution < -0.4 is 10.6 Å². The van der Waals surface area contributed by atoms with Gasteiger partial charge in [0.2, 0.25) is 0 Å². The summed E-state index contributed by atoms with van der Waals surface area (Å²) >= 11 is 12.3. The zero-order valence-corrected chi connectivity index (χ0v) is 17.3. The van der Waals surface area contributed by atoms with Crippen LogP contribution in [-0.2, 0) is 6.54 Å². The minimum atomic E-state index is 0.479. The molecule has 0 aliphatic carbocycles. The van der Waals surface area contributed by atoms with E-state index in [0.717, 1.165) is 31.7 Å². The maximum atomic E-state index is 5.85. The maximum Gasteiger partial charge on any atom is 0.172 e. The molecule has 1 aromatic carbocycles. The van der Waals surface area contributed by atoms with Gasteiger partial charge in [-0.2, -0.15) is 0 Å². The maximum absolute atomic E-state index is 5.85. The van der Waals surface area contributed by atoms with Crippen LogP contribution in [0.2, 0.25) is 0 Å². The molecule has 0 aliphatic rings. The third kappa shape index (κ3) is 4.68. The topological polar surface area (TPSA) is 50.1 Å². The van der Waals surface area contributed by atoms with Crippen molar-refractivity contribution < 1.29 is 4.42 Å². The summed E-state index contributed by atoms with van der Waals surface area (Å²) in [7, 11) is 0. The van der Waals surface area contributed by atoms with E-state index in [-0.39, 0.29) is 0 Å². The number of hydrogen-bond donors (Lipinski definition) is 2. The molecule has 7 heteroatoms. The second kappa shape index (κ2) is 8.12. The Hall–Kier alpha value is -1.70. The number of anilines is 1. The molecule has 0 radical (unpaired) electrons. The summed E-state index contributed by atoms with van der Waals surface area (Å²) in [4.78, 5) is 4.46. The van der Waals surface area contributed by atoms with Crippen LogP contribution in [0.25, 0.3) is 11.3 Å². The molecule has 0 bridgehead atoms. The minimum absolute atomic E-state index is 0.479. The van der Waals surface area contributed by atoms with Crippen LogP contribution in [0.5, 0.6) is 0 Å². The molecule has 3 aromatic rings. The monoisotopic (exact) mass is 479 g/mol. The van der Waals surface area contributed by atoms with Crippen molar-refractivity contribution >= 4 is 55.0 Å². The Kier molecular flexibility index (Phi) is 5.88. The second-order valence-electron chi connectivity index (χ2n) is 5.33. The molecule has 0 amide bonds. The zero-order valence-electron chi connectivity index (χ0n) is 13.3. The normalized spacial score (nSPS) is 10.5. The van der Waals surface area contributed by atoms with Gasteiger partial charge in [-0.05, 0) is 69.2 Å². The molecule has 0 saturated heterocycles. The lowest BCUT2D eigenvalue weighted by atomic mass is 10.2. The number of thiocarbonyl (C=S) groups is 1. The van der Waals surface area contributed by atoms with Gasteiger partial charge >= 0.3 is 0 Å². The fourth-order valence-electron chi connectivity index (χ4n) is 2.20. The van der Waals surface area contributed by atoms with Crippen LogP contribution in [-0.4, -0.2) is 10.1 Å². The Labute approximate surface area is 168 Å². The standard InChI is InChI=1S/C18H15Br2N3OS/c1-11-14(19)9-15(20)17(22-11)23-18(25)21-10-13-7-8-16(24-13)12-5-3-2-4-6-12/h2-9H,10H2,1H3,(H2,21,22,23,25). The van der Waals surface area contributed by atoms with Gasteiger partial charge in [-0.15, -0.1) is 0 Å². The van der Waals surface area contributed by atoms with E-state index in [4.69, 9.17) is 16.6 Å². The fourth-order valence-corrected chi connectivity index (χ4v) is 3.41. The molecule has 2 N–H and O–H groups in total. The summed E-state index contributed by atoms with van der Waals surface area (Å²) in [5.41, 5.74) is 1.93. The Morgan fingerprint density at radius 1 is 1.12 bits per heavy atom. The van der Waals surface area contributed by atoms with Crippen LogP contribution in [0, 0.1) is 6.92 Å². The van der Waals surface area contributed by atoms with Gasteiger partial charge in [-0.1, -0.05) is 30.3 Å². The van der Waals surface area contributed by atoms with Gasteiger partial charge in [0.25, 0.3) is 0 Å². The van der Waals surface area contributed by atoms with E-state index in [9.17, 15) is 0 Å². The average molecular weight is 481 g/mol. The number of nitrogens with one attached hydrogen (secondary N) is 2. The summed E-state index contributed by atoms with van der Waals surface area (Å²) in [6, 6.07) is 15.8. The molecule has 0 unspecified atom stereocenters. The van der Waals surface area contributed by atoms with Crippen molar-refractivity contribution in [1.82, 2.24) is 10.3 Å². The molecule has 25 heavy (non-hydrogen) atoms. The third-order valence-electron chi connectivity index (χ3n) is 3.48. The number of rotatable bonds is 4. The minimum Gasteiger partial charge on any atom is -0.459 e. The van der Waals surface area contributed by atoms with Gasteiger partial charge < -0.3 is 15.1 Å². The number of nitrogens with zero attached hydrogens (tertiary/aromatic N) is 1. The number of aryl methyl sites for hydroxylation is 1. The van der Waals surface area contributed by atoms with Crippen molar-refractivity contribution in [3.8, 4) is 11.3 Å². The highest BCUT2D eigenvalue weighted by atomic mass is 79.9. The first-order chi connectivity index (χ1) is 12.0. The average Bonchev–Trinajstić information content (AvgIpc) is 3.08. The molecule has 0 spiro atoms. The predicted octanol–water partition coefficient (Wildman–Crippen LogP) is 5.66. The molecule has 2 heterocycles. The van der Waals surface area contributed by atoms with Gasteiger partial charge in [0, 0.05) is 10.0 Å². The predicted molar refractivity (Wildman–Crippen MR) is 112 cm³/mol. The molecule has 3 rings (SSSR count). The summed E-state index contributed by atoms with van der Waals surface area (Å²) in [6.07, 6.45) is 0.